The van der Waals surface area contributed by atoms with E-state index in [9.17, 15) is 9.59 Å². The van der Waals surface area contributed by atoms with Crippen molar-refractivity contribution >= 4 is 35.3 Å². The third-order valence-electron chi connectivity index (χ3n) is 8.82. The average molecular weight is 634 g/mol. The fourth-order valence-electron chi connectivity index (χ4n) is 6.60. The lowest BCUT2D eigenvalue weighted by Gasteiger charge is -2.44. The van der Waals surface area contributed by atoms with E-state index in [1.165, 1.54) is 17.3 Å². The van der Waals surface area contributed by atoms with Crippen LogP contribution in [0.2, 0.25) is 0 Å². The summed E-state index contributed by atoms with van der Waals surface area (Å²) in [6, 6.07) is 8.02. The summed E-state index contributed by atoms with van der Waals surface area (Å²) < 4.78 is 14.4. The molecule has 0 saturated heterocycles. The summed E-state index contributed by atoms with van der Waals surface area (Å²) in [6.45, 7) is 10.3. The van der Waals surface area contributed by atoms with E-state index in [0.29, 0.717) is 36.9 Å². The van der Waals surface area contributed by atoms with Crippen molar-refractivity contribution in [1.82, 2.24) is 24.6 Å². The second-order valence-corrected chi connectivity index (χ2v) is 14.3. The fraction of sp³-hybridized carbons (Fsp3) is 0.545. The number of rotatable bonds is 4. The molecule has 0 fully saturated rings. The number of benzene rings is 1. The summed E-state index contributed by atoms with van der Waals surface area (Å²) in [5.41, 5.74) is 5.35. The smallest absolute Gasteiger partial charge is 0.412 e. The van der Waals surface area contributed by atoms with Gasteiger partial charge in [0.15, 0.2) is 10.9 Å². The number of ether oxygens (including phenoxy) is 2. The largest absolute Gasteiger partial charge is 0.444 e. The van der Waals surface area contributed by atoms with E-state index < -0.39 is 17.3 Å². The highest BCUT2D eigenvalue weighted by molar-refractivity contribution is 7.98. The number of fused-ring (bicyclic) bond motifs is 4. The summed E-state index contributed by atoms with van der Waals surface area (Å²) in [7, 11) is 3.49. The molecule has 12 heteroatoms. The molecule has 1 N–H and O–H groups in total. The Morgan fingerprint density at radius 1 is 1.18 bits per heavy atom. The summed E-state index contributed by atoms with van der Waals surface area (Å²) in [6.07, 6.45) is 4.88. The number of nitrogens with zero attached hydrogens (tertiary/aromatic N) is 6. The Morgan fingerprint density at radius 3 is 2.71 bits per heavy atom. The Bertz CT molecular complexity index is 1630. The molecule has 1 unspecified atom stereocenters. The van der Waals surface area contributed by atoms with Gasteiger partial charge < -0.3 is 19.3 Å². The zero-order valence-electron chi connectivity index (χ0n) is 27.3. The van der Waals surface area contributed by atoms with Crippen molar-refractivity contribution in [1.29, 1.82) is 0 Å². The van der Waals surface area contributed by atoms with E-state index in [1.54, 1.807) is 19.0 Å². The molecule has 0 saturated carbocycles. The highest BCUT2D eigenvalue weighted by Crippen LogP contribution is 2.49. The minimum absolute atomic E-state index is 0.101. The van der Waals surface area contributed by atoms with Crippen molar-refractivity contribution in [3.8, 4) is 0 Å². The molecule has 2 aliphatic heterocycles. The van der Waals surface area contributed by atoms with Crippen LogP contribution >= 0.6 is 11.8 Å². The molecule has 1 aromatic carbocycles. The molecular formula is C33H43N7O4S. The first-order chi connectivity index (χ1) is 21.4. The van der Waals surface area contributed by atoms with Gasteiger partial charge in [0.1, 0.15) is 11.4 Å². The number of amides is 2. The van der Waals surface area contributed by atoms with E-state index >= 15 is 0 Å². The molecule has 45 heavy (non-hydrogen) atoms. The minimum Gasteiger partial charge on any atom is -0.444 e. The van der Waals surface area contributed by atoms with Crippen LogP contribution in [-0.2, 0) is 41.2 Å². The van der Waals surface area contributed by atoms with Gasteiger partial charge in [-0.2, -0.15) is 5.10 Å². The van der Waals surface area contributed by atoms with E-state index in [0.717, 1.165) is 65.8 Å². The van der Waals surface area contributed by atoms with Crippen molar-refractivity contribution in [2.45, 2.75) is 95.4 Å². The molecule has 1 spiro atoms. The molecule has 2 amide bonds. The minimum atomic E-state index is -0.588. The molecular weight excluding hydrogens is 590 g/mol. The van der Waals surface area contributed by atoms with Crippen LogP contribution in [0.3, 0.4) is 0 Å². The number of carbonyl (C=O) groups is 2. The molecule has 2 atom stereocenters. The van der Waals surface area contributed by atoms with Gasteiger partial charge in [-0.25, -0.2) is 14.8 Å². The first-order valence-electron chi connectivity index (χ1n) is 15.6. The van der Waals surface area contributed by atoms with Crippen LogP contribution in [0, 0.1) is 0 Å². The van der Waals surface area contributed by atoms with E-state index in [-0.39, 0.29) is 5.91 Å². The molecule has 4 heterocycles. The molecule has 3 aromatic rings. The van der Waals surface area contributed by atoms with Crippen molar-refractivity contribution in [3.63, 3.8) is 0 Å². The maximum absolute atomic E-state index is 12.6. The zero-order chi connectivity index (χ0) is 32.1. The van der Waals surface area contributed by atoms with Crippen molar-refractivity contribution in [2.24, 2.45) is 0 Å². The van der Waals surface area contributed by atoms with Crippen LogP contribution in [0.15, 0.2) is 29.4 Å². The first kappa shape index (κ1) is 31.3. The number of carbonyl (C=O) groups excluding carboxylic acids is 2. The van der Waals surface area contributed by atoms with Gasteiger partial charge in [-0.05, 0) is 81.5 Å². The lowest BCUT2D eigenvalue weighted by atomic mass is 9.71. The Hall–Kier alpha value is -3.64. The molecule has 11 nitrogen and oxygen atoms in total. The van der Waals surface area contributed by atoms with Gasteiger partial charge in [0.2, 0.25) is 0 Å². The number of aryl methyl sites for hydroxylation is 1. The predicted molar refractivity (Wildman–Crippen MR) is 174 cm³/mol. The van der Waals surface area contributed by atoms with E-state index in [1.807, 2.05) is 43.8 Å². The lowest BCUT2D eigenvalue weighted by Crippen LogP contribution is -2.41. The predicted octanol–water partition coefficient (Wildman–Crippen LogP) is 5.72. The van der Waals surface area contributed by atoms with E-state index in [2.05, 4.69) is 34.4 Å². The maximum atomic E-state index is 12.6. The monoisotopic (exact) mass is 633 g/mol. The summed E-state index contributed by atoms with van der Waals surface area (Å²) in [5, 5.41) is 8.26. The Balaban J connectivity index is 1.33. The van der Waals surface area contributed by atoms with Crippen LogP contribution in [0.5, 0.6) is 0 Å². The third-order valence-corrected chi connectivity index (χ3v) is 9.37. The molecule has 0 bridgehead atoms. The molecule has 6 rings (SSSR count). The Kier molecular flexibility index (Phi) is 8.32. The second-order valence-electron chi connectivity index (χ2n) is 13.5. The summed E-state index contributed by atoms with van der Waals surface area (Å²) in [4.78, 5) is 39.1. The molecule has 0 radical (unpaired) electrons. The fourth-order valence-corrected chi connectivity index (χ4v) is 6.98. The SMILES string of the molecule is CSc1nc2c(c(N3CCCn4nc(C(=O)N(C)C)cc4C3)n1)COC1(CC[C@@H](C)c3ccc(NC(=O)OC(C)(C)C)cc31)C2. The molecule has 240 valence electrons. The van der Waals surface area contributed by atoms with E-state index in [4.69, 9.17) is 19.4 Å². The van der Waals surface area contributed by atoms with Crippen molar-refractivity contribution in [2.75, 3.05) is 37.1 Å². The number of aromatic nitrogens is 4. The first-order valence-corrected chi connectivity index (χ1v) is 16.8. The van der Waals surface area contributed by atoms with Crippen molar-refractivity contribution in [3.05, 3.63) is 58.0 Å². The van der Waals surface area contributed by atoms with Gasteiger partial charge in [-0.3, -0.25) is 14.8 Å². The highest BCUT2D eigenvalue weighted by Gasteiger charge is 2.44. The number of hydrogen-bond donors (Lipinski definition) is 1. The normalized spacial score (nSPS) is 21.0. The lowest BCUT2D eigenvalue weighted by molar-refractivity contribution is -0.0872. The summed E-state index contributed by atoms with van der Waals surface area (Å²) >= 11 is 1.54. The average Bonchev–Trinajstić information content (AvgIpc) is 3.28. The van der Waals surface area contributed by atoms with Crippen LogP contribution in [0.1, 0.15) is 91.4 Å². The van der Waals surface area contributed by atoms with Crippen LogP contribution in [-0.4, -0.2) is 69.1 Å². The van der Waals surface area contributed by atoms with Gasteiger partial charge in [0.05, 0.1) is 30.1 Å². The third kappa shape index (κ3) is 6.27. The van der Waals surface area contributed by atoms with Crippen LogP contribution < -0.4 is 10.2 Å². The number of anilines is 2. The molecule has 2 aromatic heterocycles. The van der Waals surface area contributed by atoms with Gasteiger partial charge in [-0.15, -0.1) is 0 Å². The van der Waals surface area contributed by atoms with Gasteiger partial charge in [0, 0.05) is 44.9 Å². The zero-order valence-corrected chi connectivity index (χ0v) is 28.1. The number of thioether (sulfide) groups is 1. The quantitative estimate of drug-likeness (QED) is 0.285. The van der Waals surface area contributed by atoms with Crippen LogP contribution in [0.4, 0.5) is 16.3 Å². The maximum Gasteiger partial charge on any atom is 0.412 e. The van der Waals surface area contributed by atoms with Crippen molar-refractivity contribution < 1.29 is 19.1 Å². The molecule has 3 aliphatic rings. The van der Waals surface area contributed by atoms with Gasteiger partial charge in [-0.1, -0.05) is 24.8 Å². The standard InChI is InChI=1S/C33H43N7O4S/c1-20-11-12-33(25-15-21(9-10-23(20)25)34-31(42)44-32(2,3)4)17-27-24(19-43-33)28(36-30(35-27)45-7)39-13-8-14-40-22(18-39)16-26(37-40)29(41)38(5)6/h9-10,15-16,20H,8,11-14,17-19H2,1-7H3,(H,34,42)/t20-,33?/m1/s1. The van der Waals surface area contributed by atoms with Gasteiger partial charge in [0.25, 0.3) is 5.91 Å². The number of nitrogens with one attached hydrogen (secondary N) is 1. The topological polar surface area (TPSA) is 115 Å². The molecule has 1 aliphatic carbocycles. The highest BCUT2D eigenvalue weighted by atomic mass is 32.2. The Morgan fingerprint density at radius 2 is 1.98 bits per heavy atom. The van der Waals surface area contributed by atoms with Crippen LogP contribution in [0.25, 0.3) is 0 Å². The summed E-state index contributed by atoms with van der Waals surface area (Å²) in [5.74, 6) is 1.16. The second kappa shape index (κ2) is 11.9. The Labute approximate surface area is 269 Å². The number of hydrogen-bond acceptors (Lipinski definition) is 9. The van der Waals surface area contributed by atoms with Gasteiger partial charge >= 0.3 is 6.09 Å².